The fraction of sp³-hybridized carbons (Fsp3) is 0.538. The number of piperidine rings is 1. The van der Waals surface area contributed by atoms with Crippen molar-refractivity contribution in [2.24, 2.45) is 0 Å². The van der Waals surface area contributed by atoms with Crippen LogP contribution in [0.2, 0.25) is 0 Å². The van der Waals surface area contributed by atoms with Gasteiger partial charge in [-0.1, -0.05) is 0 Å². The van der Waals surface area contributed by atoms with Crippen LogP contribution in [0.5, 0.6) is 0 Å². The van der Waals surface area contributed by atoms with Gasteiger partial charge in [-0.25, -0.2) is 9.78 Å². The molecule has 0 atom stereocenters. The Morgan fingerprint density at radius 1 is 1.56 bits per heavy atom. The van der Waals surface area contributed by atoms with Gasteiger partial charge in [-0.15, -0.1) is 0 Å². The van der Waals surface area contributed by atoms with Crippen LogP contribution in [0.15, 0.2) is 18.3 Å². The minimum Gasteiger partial charge on any atom is -0.477 e. The van der Waals surface area contributed by atoms with Gasteiger partial charge in [-0.2, -0.15) is 0 Å². The van der Waals surface area contributed by atoms with E-state index in [1.807, 2.05) is 13.0 Å². The molecule has 0 spiro atoms. The molecular formula is C13H18N2O3. The molecule has 1 aromatic heterocycles. The Hall–Kier alpha value is -1.62. The second-order valence-corrected chi connectivity index (χ2v) is 4.35. The van der Waals surface area contributed by atoms with Crippen LogP contribution in [-0.4, -0.2) is 41.9 Å². The van der Waals surface area contributed by atoms with Gasteiger partial charge < -0.3 is 14.7 Å². The van der Waals surface area contributed by atoms with Crippen molar-refractivity contribution in [2.75, 3.05) is 24.6 Å². The molecule has 0 aromatic carbocycles. The number of carboxylic acid groups (broad SMARTS) is 1. The van der Waals surface area contributed by atoms with Gasteiger partial charge in [-0.05, 0) is 31.9 Å². The van der Waals surface area contributed by atoms with Crippen LogP contribution in [0.25, 0.3) is 0 Å². The van der Waals surface area contributed by atoms with Gasteiger partial charge in [0.25, 0.3) is 0 Å². The number of nitrogens with zero attached hydrogens (tertiary/aromatic N) is 2. The molecule has 0 saturated carbocycles. The van der Waals surface area contributed by atoms with Gasteiger partial charge in [0, 0.05) is 31.6 Å². The first-order valence-electron chi connectivity index (χ1n) is 6.26. The average Bonchev–Trinajstić information content (AvgIpc) is 2.40. The zero-order valence-corrected chi connectivity index (χ0v) is 10.5. The van der Waals surface area contributed by atoms with Gasteiger partial charge in [0.1, 0.15) is 5.69 Å². The van der Waals surface area contributed by atoms with Crippen molar-refractivity contribution in [3.05, 3.63) is 24.0 Å². The fourth-order valence-corrected chi connectivity index (χ4v) is 2.25. The minimum atomic E-state index is -0.985. The summed E-state index contributed by atoms with van der Waals surface area (Å²) >= 11 is 0. The smallest absolute Gasteiger partial charge is 0.354 e. The molecule has 0 radical (unpaired) electrons. The van der Waals surface area contributed by atoms with E-state index in [1.54, 1.807) is 12.3 Å². The molecule has 0 amide bonds. The molecule has 0 bridgehead atoms. The van der Waals surface area contributed by atoms with Gasteiger partial charge in [-0.3, -0.25) is 0 Å². The predicted molar refractivity (Wildman–Crippen MR) is 68.1 cm³/mol. The summed E-state index contributed by atoms with van der Waals surface area (Å²) in [7, 11) is 0. The van der Waals surface area contributed by atoms with E-state index in [-0.39, 0.29) is 5.69 Å². The van der Waals surface area contributed by atoms with Crippen molar-refractivity contribution in [1.82, 2.24) is 4.98 Å². The highest BCUT2D eigenvalue weighted by Crippen LogP contribution is 2.21. The zero-order chi connectivity index (χ0) is 13.0. The number of aromatic carboxylic acids is 1. The third-order valence-electron chi connectivity index (χ3n) is 3.17. The van der Waals surface area contributed by atoms with Crippen LogP contribution < -0.4 is 4.90 Å². The molecule has 0 aliphatic carbocycles. The Bertz CT molecular complexity index is 414. The molecule has 1 aromatic rings. The van der Waals surface area contributed by atoms with Crippen molar-refractivity contribution >= 4 is 11.7 Å². The first-order chi connectivity index (χ1) is 8.70. The number of carboxylic acids is 1. The third kappa shape index (κ3) is 2.98. The fourth-order valence-electron chi connectivity index (χ4n) is 2.25. The molecule has 5 heteroatoms. The third-order valence-corrected chi connectivity index (χ3v) is 3.17. The normalized spacial score (nSPS) is 16.8. The molecular weight excluding hydrogens is 232 g/mol. The number of ether oxygens (including phenoxy) is 1. The lowest BCUT2D eigenvalue weighted by Crippen LogP contribution is -2.37. The van der Waals surface area contributed by atoms with E-state index in [0.29, 0.717) is 6.10 Å². The van der Waals surface area contributed by atoms with Crippen LogP contribution in [-0.2, 0) is 4.74 Å². The summed E-state index contributed by atoms with van der Waals surface area (Å²) in [6.45, 7) is 4.55. The molecule has 98 valence electrons. The van der Waals surface area contributed by atoms with Crippen molar-refractivity contribution in [2.45, 2.75) is 25.9 Å². The molecule has 2 heterocycles. The van der Waals surface area contributed by atoms with Crippen LogP contribution in [0, 0.1) is 0 Å². The van der Waals surface area contributed by atoms with E-state index in [2.05, 4.69) is 9.88 Å². The van der Waals surface area contributed by atoms with Gasteiger partial charge >= 0.3 is 5.97 Å². The number of anilines is 1. The van der Waals surface area contributed by atoms with Gasteiger partial charge in [0.2, 0.25) is 0 Å². The van der Waals surface area contributed by atoms with Gasteiger partial charge in [0.15, 0.2) is 0 Å². The molecule has 1 aliphatic rings. The highest BCUT2D eigenvalue weighted by Gasteiger charge is 2.20. The largest absolute Gasteiger partial charge is 0.477 e. The molecule has 1 aliphatic heterocycles. The monoisotopic (exact) mass is 250 g/mol. The van der Waals surface area contributed by atoms with E-state index in [4.69, 9.17) is 9.84 Å². The van der Waals surface area contributed by atoms with E-state index in [0.717, 1.165) is 38.2 Å². The van der Waals surface area contributed by atoms with Crippen LogP contribution in [0.4, 0.5) is 5.69 Å². The maximum atomic E-state index is 10.9. The highest BCUT2D eigenvalue weighted by atomic mass is 16.5. The van der Waals surface area contributed by atoms with E-state index in [1.165, 1.54) is 0 Å². The number of aromatic nitrogens is 1. The molecule has 5 nitrogen and oxygen atoms in total. The Morgan fingerprint density at radius 3 is 2.89 bits per heavy atom. The predicted octanol–water partition coefficient (Wildman–Crippen LogP) is 1.79. The summed E-state index contributed by atoms with van der Waals surface area (Å²) in [5, 5.41) is 8.92. The summed E-state index contributed by atoms with van der Waals surface area (Å²) in [5.74, 6) is -0.985. The highest BCUT2D eigenvalue weighted by molar-refractivity contribution is 5.86. The Morgan fingerprint density at radius 2 is 2.28 bits per heavy atom. The molecule has 1 N–H and O–H groups in total. The first kappa shape index (κ1) is 12.8. The maximum absolute atomic E-state index is 10.9. The Labute approximate surface area is 106 Å². The van der Waals surface area contributed by atoms with Gasteiger partial charge in [0.05, 0.1) is 6.10 Å². The molecule has 1 fully saturated rings. The number of hydrogen-bond donors (Lipinski definition) is 1. The minimum absolute atomic E-state index is 0.0967. The number of carbonyl (C=O) groups is 1. The standard InChI is InChI=1S/C13H18N2O3/c1-2-18-11-4-7-15(8-5-11)10-3-6-14-12(9-10)13(16)17/h3,6,9,11H,2,4-5,7-8H2,1H3,(H,16,17). The van der Waals surface area contributed by atoms with Crippen molar-refractivity contribution in [3.8, 4) is 0 Å². The molecule has 18 heavy (non-hydrogen) atoms. The lowest BCUT2D eigenvalue weighted by molar-refractivity contribution is 0.0459. The lowest BCUT2D eigenvalue weighted by Gasteiger charge is -2.33. The zero-order valence-electron chi connectivity index (χ0n) is 10.5. The topological polar surface area (TPSA) is 62.7 Å². The summed E-state index contributed by atoms with van der Waals surface area (Å²) in [6, 6.07) is 3.48. The number of pyridine rings is 1. The SMILES string of the molecule is CCOC1CCN(c2ccnc(C(=O)O)c2)CC1. The second kappa shape index (κ2) is 5.82. The quantitative estimate of drug-likeness (QED) is 0.882. The average molecular weight is 250 g/mol. The molecule has 2 rings (SSSR count). The van der Waals surface area contributed by atoms with E-state index < -0.39 is 5.97 Å². The Balaban J connectivity index is 2.01. The number of rotatable bonds is 4. The second-order valence-electron chi connectivity index (χ2n) is 4.35. The van der Waals surface area contributed by atoms with Crippen LogP contribution in [0.3, 0.4) is 0 Å². The van der Waals surface area contributed by atoms with Crippen molar-refractivity contribution in [1.29, 1.82) is 0 Å². The lowest BCUT2D eigenvalue weighted by atomic mass is 10.1. The Kier molecular flexibility index (Phi) is 4.15. The first-order valence-corrected chi connectivity index (χ1v) is 6.26. The van der Waals surface area contributed by atoms with Crippen molar-refractivity contribution < 1.29 is 14.6 Å². The van der Waals surface area contributed by atoms with Crippen LogP contribution in [0.1, 0.15) is 30.3 Å². The van der Waals surface area contributed by atoms with Crippen molar-refractivity contribution in [3.63, 3.8) is 0 Å². The summed E-state index contributed by atoms with van der Waals surface area (Å²) in [5.41, 5.74) is 1.02. The summed E-state index contributed by atoms with van der Waals surface area (Å²) < 4.78 is 5.60. The molecule has 0 unspecified atom stereocenters. The summed E-state index contributed by atoms with van der Waals surface area (Å²) in [4.78, 5) is 16.9. The maximum Gasteiger partial charge on any atom is 0.354 e. The number of hydrogen-bond acceptors (Lipinski definition) is 4. The molecule has 1 saturated heterocycles. The van der Waals surface area contributed by atoms with Crippen LogP contribution >= 0.6 is 0 Å². The van der Waals surface area contributed by atoms with E-state index >= 15 is 0 Å². The summed E-state index contributed by atoms with van der Waals surface area (Å²) in [6.07, 6.45) is 3.86. The van der Waals surface area contributed by atoms with E-state index in [9.17, 15) is 4.79 Å².